The van der Waals surface area contributed by atoms with E-state index in [4.69, 9.17) is 9.84 Å². The van der Waals surface area contributed by atoms with Gasteiger partial charge in [-0.1, -0.05) is 0 Å². The number of amides is 2. The fourth-order valence-electron chi connectivity index (χ4n) is 2.81. The molecule has 0 spiro atoms. The maximum absolute atomic E-state index is 12.3. The standard InChI is InChI=1S/C19H21N3O4/c23-18(24)15-7-11-22(12-8-15)19(25)21-16-1-3-17(4-2-16)26-13-14-5-9-20-10-6-14/h1-6,9-10,15H,7-8,11-13H2,(H,21,25)(H,23,24). The molecule has 1 fully saturated rings. The molecule has 0 bridgehead atoms. The third kappa shape index (κ3) is 4.72. The second-order valence-corrected chi connectivity index (χ2v) is 6.20. The Morgan fingerprint density at radius 1 is 1.12 bits per heavy atom. The molecule has 2 aromatic rings. The number of likely N-dealkylation sites (tertiary alicyclic amines) is 1. The number of rotatable bonds is 5. The predicted molar refractivity (Wildman–Crippen MR) is 96.0 cm³/mol. The van der Waals surface area contributed by atoms with E-state index in [-0.39, 0.29) is 11.9 Å². The summed E-state index contributed by atoms with van der Waals surface area (Å²) in [6.07, 6.45) is 4.42. The fourth-order valence-corrected chi connectivity index (χ4v) is 2.81. The van der Waals surface area contributed by atoms with E-state index in [9.17, 15) is 9.59 Å². The number of benzene rings is 1. The van der Waals surface area contributed by atoms with E-state index in [2.05, 4.69) is 10.3 Å². The lowest BCUT2D eigenvalue weighted by atomic mass is 9.97. The Hall–Kier alpha value is -3.09. The van der Waals surface area contributed by atoms with E-state index in [1.807, 2.05) is 12.1 Å². The Labute approximate surface area is 151 Å². The van der Waals surface area contributed by atoms with Crippen LogP contribution in [0.2, 0.25) is 0 Å². The first kappa shape index (κ1) is 17.7. The number of nitrogens with zero attached hydrogens (tertiary/aromatic N) is 2. The molecule has 7 nitrogen and oxygen atoms in total. The van der Waals surface area contributed by atoms with Gasteiger partial charge in [0.15, 0.2) is 0 Å². The summed E-state index contributed by atoms with van der Waals surface area (Å²) in [5, 5.41) is 11.8. The van der Waals surface area contributed by atoms with Crippen molar-refractivity contribution in [1.82, 2.24) is 9.88 Å². The van der Waals surface area contributed by atoms with E-state index >= 15 is 0 Å². The second-order valence-electron chi connectivity index (χ2n) is 6.20. The topological polar surface area (TPSA) is 91.8 Å². The first-order valence-electron chi connectivity index (χ1n) is 8.52. The number of piperidine rings is 1. The lowest BCUT2D eigenvalue weighted by molar-refractivity contribution is -0.143. The number of urea groups is 1. The number of ether oxygens (including phenoxy) is 1. The Balaban J connectivity index is 1.48. The number of carboxylic acid groups (broad SMARTS) is 1. The Kier molecular flexibility index (Phi) is 5.68. The van der Waals surface area contributed by atoms with Gasteiger partial charge in [-0.25, -0.2) is 4.79 Å². The van der Waals surface area contributed by atoms with Gasteiger partial charge in [-0.3, -0.25) is 9.78 Å². The number of hydrogen-bond acceptors (Lipinski definition) is 4. The molecular formula is C19H21N3O4. The third-order valence-corrected chi connectivity index (χ3v) is 4.39. The number of carboxylic acids is 1. The molecule has 1 saturated heterocycles. The van der Waals surface area contributed by atoms with E-state index in [1.54, 1.807) is 41.6 Å². The van der Waals surface area contributed by atoms with Crippen LogP contribution in [0.4, 0.5) is 10.5 Å². The number of hydrogen-bond donors (Lipinski definition) is 2. The number of aliphatic carboxylic acids is 1. The molecule has 1 aliphatic rings. The summed E-state index contributed by atoms with van der Waals surface area (Å²) in [7, 11) is 0. The molecule has 7 heteroatoms. The van der Waals surface area contributed by atoms with Crippen LogP contribution in [0, 0.1) is 5.92 Å². The van der Waals surface area contributed by atoms with Crippen molar-refractivity contribution in [3.8, 4) is 5.75 Å². The monoisotopic (exact) mass is 355 g/mol. The van der Waals surface area contributed by atoms with Crippen molar-refractivity contribution in [2.45, 2.75) is 19.4 Å². The molecule has 2 N–H and O–H groups in total. The molecule has 0 saturated carbocycles. The Bertz CT molecular complexity index is 741. The zero-order valence-electron chi connectivity index (χ0n) is 14.3. The average Bonchev–Trinajstić information content (AvgIpc) is 2.68. The zero-order valence-corrected chi connectivity index (χ0v) is 14.3. The van der Waals surface area contributed by atoms with Crippen molar-refractivity contribution in [2.75, 3.05) is 18.4 Å². The summed E-state index contributed by atoms with van der Waals surface area (Å²) in [5.74, 6) is -0.426. The van der Waals surface area contributed by atoms with Gasteiger partial charge in [-0.15, -0.1) is 0 Å². The Morgan fingerprint density at radius 3 is 2.38 bits per heavy atom. The number of pyridine rings is 1. The van der Waals surface area contributed by atoms with Gasteiger partial charge < -0.3 is 20.1 Å². The summed E-state index contributed by atoms with van der Waals surface area (Å²) < 4.78 is 5.70. The highest BCUT2D eigenvalue weighted by atomic mass is 16.5. The van der Waals surface area contributed by atoms with Gasteiger partial charge >= 0.3 is 12.0 Å². The van der Waals surface area contributed by atoms with E-state index in [0.717, 1.165) is 5.56 Å². The van der Waals surface area contributed by atoms with Crippen LogP contribution in [0.5, 0.6) is 5.75 Å². The van der Waals surface area contributed by atoms with Crippen LogP contribution < -0.4 is 10.1 Å². The van der Waals surface area contributed by atoms with Crippen molar-refractivity contribution in [2.24, 2.45) is 5.92 Å². The van der Waals surface area contributed by atoms with Crippen LogP contribution >= 0.6 is 0 Å². The van der Waals surface area contributed by atoms with Crippen LogP contribution in [-0.4, -0.2) is 40.1 Å². The van der Waals surface area contributed by atoms with Crippen molar-refractivity contribution in [1.29, 1.82) is 0 Å². The normalized spacial score (nSPS) is 14.7. The molecule has 0 aliphatic carbocycles. The van der Waals surface area contributed by atoms with Gasteiger partial charge in [0.05, 0.1) is 5.92 Å². The van der Waals surface area contributed by atoms with Crippen LogP contribution in [0.3, 0.4) is 0 Å². The number of aromatic nitrogens is 1. The van der Waals surface area contributed by atoms with Gasteiger partial charge in [0.25, 0.3) is 0 Å². The minimum atomic E-state index is -0.785. The predicted octanol–water partition coefficient (Wildman–Crippen LogP) is 2.99. The highest BCUT2D eigenvalue weighted by Crippen LogP contribution is 2.20. The van der Waals surface area contributed by atoms with Gasteiger partial charge in [-0.05, 0) is 54.8 Å². The number of nitrogens with one attached hydrogen (secondary N) is 1. The van der Waals surface area contributed by atoms with Crippen LogP contribution in [0.25, 0.3) is 0 Å². The lowest BCUT2D eigenvalue weighted by Crippen LogP contribution is -2.42. The molecule has 0 radical (unpaired) electrons. The van der Waals surface area contributed by atoms with Crippen molar-refractivity contribution >= 4 is 17.7 Å². The van der Waals surface area contributed by atoms with E-state index in [0.29, 0.717) is 44.0 Å². The number of carbonyl (C=O) groups excluding carboxylic acids is 1. The number of anilines is 1. The highest BCUT2D eigenvalue weighted by molar-refractivity contribution is 5.89. The molecule has 26 heavy (non-hydrogen) atoms. The second kappa shape index (κ2) is 8.33. The summed E-state index contributed by atoms with van der Waals surface area (Å²) in [4.78, 5) is 28.8. The number of carbonyl (C=O) groups is 2. The SMILES string of the molecule is O=C(O)C1CCN(C(=O)Nc2ccc(OCc3ccncc3)cc2)CC1. The first-order valence-corrected chi connectivity index (χ1v) is 8.52. The quantitative estimate of drug-likeness (QED) is 0.860. The van der Waals surface area contributed by atoms with Crippen molar-refractivity contribution < 1.29 is 19.4 Å². The summed E-state index contributed by atoms with van der Waals surface area (Å²) in [6, 6.07) is 10.7. The minimum Gasteiger partial charge on any atom is -0.489 e. The fraction of sp³-hybridized carbons (Fsp3) is 0.316. The minimum absolute atomic E-state index is 0.209. The van der Waals surface area contributed by atoms with E-state index < -0.39 is 5.97 Å². The zero-order chi connectivity index (χ0) is 18.4. The van der Waals surface area contributed by atoms with Crippen molar-refractivity contribution in [3.05, 3.63) is 54.4 Å². The molecule has 136 valence electrons. The lowest BCUT2D eigenvalue weighted by Gasteiger charge is -2.30. The molecule has 1 aromatic heterocycles. The highest BCUT2D eigenvalue weighted by Gasteiger charge is 2.26. The average molecular weight is 355 g/mol. The third-order valence-electron chi connectivity index (χ3n) is 4.39. The van der Waals surface area contributed by atoms with Crippen LogP contribution in [-0.2, 0) is 11.4 Å². The molecular weight excluding hydrogens is 334 g/mol. The summed E-state index contributed by atoms with van der Waals surface area (Å²) in [5.41, 5.74) is 1.70. The molecule has 1 aromatic carbocycles. The maximum atomic E-state index is 12.3. The largest absolute Gasteiger partial charge is 0.489 e. The van der Waals surface area contributed by atoms with Gasteiger partial charge in [0.2, 0.25) is 0 Å². The Morgan fingerprint density at radius 2 is 1.77 bits per heavy atom. The molecule has 2 heterocycles. The van der Waals surface area contributed by atoms with Gasteiger partial charge in [0.1, 0.15) is 12.4 Å². The van der Waals surface area contributed by atoms with Gasteiger partial charge in [0, 0.05) is 31.2 Å². The molecule has 2 amide bonds. The molecule has 1 aliphatic heterocycles. The van der Waals surface area contributed by atoms with E-state index in [1.165, 1.54) is 0 Å². The maximum Gasteiger partial charge on any atom is 0.321 e. The van der Waals surface area contributed by atoms with Gasteiger partial charge in [-0.2, -0.15) is 0 Å². The molecule has 0 atom stereocenters. The first-order chi connectivity index (χ1) is 12.6. The van der Waals surface area contributed by atoms with Crippen molar-refractivity contribution in [3.63, 3.8) is 0 Å². The summed E-state index contributed by atoms with van der Waals surface area (Å²) in [6.45, 7) is 1.36. The van der Waals surface area contributed by atoms with Crippen LogP contribution in [0.1, 0.15) is 18.4 Å². The molecule has 0 unspecified atom stereocenters. The van der Waals surface area contributed by atoms with Crippen LogP contribution in [0.15, 0.2) is 48.8 Å². The smallest absolute Gasteiger partial charge is 0.321 e. The summed E-state index contributed by atoms with van der Waals surface area (Å²) >= 11 is 0. The molecule has 3 rings (SSSR count).